The Morgan fingerprint density at radius 1 is 1.44 bits per heavy atom. The van der Waals surface area contributed by atoms with E-state index in [-0.39, 0.29) is 18.8 Å². The van der Waals surface area contributed by atoms with Crippen molar-refractivity contribution in [1.82, 2.24) is 5.32 Å². The van der Waals surface area contributed by atoms with Crippen molar-refractivity contribution in [2.24, 2.45) is 0 Å². The highest BCUT2D eigenvalue weighted by atomic mass is 35.5. The summed E-state index contributed by atoms with van der Waals surface area (Å²) in [6, 6.07) is 5.24. The average Bonchev–Trinajstić information content (AvgIpc) is 2.88. The second-order valence-corrected chi connectivity index (χ2v) is 5.21. The molecule has 1 aliphatic heterocycles. The predicted molar refractivity (Wildman–Crippen MR) is 73.3 cm³/mol. The minimum Gasteiger partial charge on any atom is -0.394 e. The number of nitrogens with one attached hydrogen (secondary N) is 1. The molecule has 0 bridgehead atoms. The summed E-state index contributed by atoms with van der Waals surface area (Å²) in [7, 11) is 0. The van der Waals surface area contributed by atoms with Crippen molar-refractivity contribution in [1.29, 1.82) is 0 Å². The lowest BCUT2D eigenvalue weighted by molar-refractivity contribution is 0.104. The summed E-state index contributed by atoms with van der Waals surface area (Å²) in [5.74, 6) is 0. The number of hydrogen-bond acceptors (Lipinski definition) is 3. The van der Waals surface area contributed by atoms with Crippen molar-refractivity contribution in [2.45, 2.75) is 25.0 Å². The fourth-order valence-corrected chi connectivity index (χ4v) is 2.58. The molecule has 1 saturated heterocycles. The molecular formula is C13H17Cl2NO2. The van der Waals surface area contributed by atoms with Crippen molar-refractivity contribution < 1.29 is 9.84 Å². The lowest BCUT2D eigenvalue weighted by Crippen LogP contribution is -2.32. The first-order valence-electron chi connectivity index (χ1n) is 6.12. The van der Waals surface area contributed by atoms with Crippen molar-refractivity contribution >= 4 is 23.2 Å². The van der Waals surface area contributed by atoms with E-state index < -0.39 is 0 Å². The predicted octanol–water partition coefficient (Wildman–Crippen LogP) is 2.80. The van der Waals surface area contributed by atoms with Gasteiger partial charge in [0, 0.05) is 13.2 Å². The maximum absolute atomic E-state index is 9.46. The minimum atomic E-state index is -0.208. The van der Waals surface area contributed by atoms with Gasteiger partial charge in [0.25, 0.3) is 0 Å². The fraction of sp³-hybridized carbons (Fsp3) is 0.538. The summed E-state index contributed by atoms with van der Waals surface area (Å²) in [5, 5.41) is 13.7. The van der Waals surface area contributed by atoms with Gasteiger partial charge >= 0.3 is 0 Å². The van der Waals surface area contributed by atoms with Crippen molar-refractivity contribution in [3.63, 3.8) is 0 Å². The van der Waals surface area contributed by atoms with Gasteiger partial charge in [-0.05, 0) is 24.5 Å². The van der Waals surface area contributed by atoms with Gasteiger partial charge in [-0.1, -0.05) is 35.3 Å². The Bertz CT molecular complexity index is 395. The van der Waals surface area contributed by atoms with Crippen molar-refractivity contribution in [3.05, 3.63) is 33.8 Å². The van der Waals surface area contributed by atoms with Gasteiger partial charge in [-0.25, -0.2) is 0 Å². The third-order valence-electron chi connectivity index (χ3n) is 3.16. The number of aliphatic hydroxyl groups is 1. The molecule has 0 aromatic heterocycles. The van der Waals surface area contributed by atoms with Crippen LogP contribution in [0.15, 0.2) is 18.2 Å². The molecule has 18 heavy (non-hydrogen) atoms. The topological polar surface area (TPSA) is 41.5 Å². The zero-order valence-electron chi connectivity index (χ0n) is 10.0. The van der Waals surface area contributed by atoms with Crippen LogP contribution in [0.5, 0.6) is 0 Å². The summed E-state index contributed by atoms with van der Waals surface area (Å²) >= 11 is 12.1. The van der Waals surface area contributed by atoms with E-state index in [2.05, 4.69) is 5.32 Å². The third-order valence-corrected chi connectivity index (χ3v) is 3.99. The fourth-order valence-electron chi connectivity index (χ4n) is 2.14. The highest BCUT2D eigenvalue weighted by molar-refractivity contribution is 6.42. The molecule has 0 amide bonds. The standard InChI is InChI=1S/C13H17Cl2NO2/c14-11-5-1-4-10(13(11)15)12(8-17)16-7-9-3-2-6-18-9/h1,4-5,9,12,16-17H,2-3,6-8H2. The second-order valence-electron chi connectivity index (χ2n) is 4.42. The highest BCUT2D eigenvalue weighted by Gasteiger charge is 2.19. The van der Waals surface area contributed by atoms with E-state index in [1.54, 1.807) is 6.07 Å². The zero-order chi connectivity index (χ0) is 13.0. The molecule has 1 aliphatic rings. The molecule has 0 radical (unpaired) electrons. The van der Waals surface area contributed by atoms with Crippen LogP contribution in [-0.2, 0) is 4.74 Å². The Balaban J connectivity index is 2.00. The molecule has 100 valence electrons. The van der Waals surface area contributed by atoms with Crippen LogP contribution in [0.25, 0.3) is 0 Å². The average molecular weight is 290 g/mol. The van der Waals surface area contributed by atoms with Gasteiger partial charge in [0.05, 0.1) is 28.8 Å². The summed E-state index contributed by atoms with van der Waals surface area (Å²) in [5.41, 5.74) is 0.824. The van der Waals surface area contributed by atoms with Gasteiger partial charge in [-0.2, -0.15) is 0 Å². The number of benzene rings is 1. The van der Waals surface area contributed by atoms with Gasteiger partial charge < -0.3 is 15.2 Å². The van der Waals surface area contributed by atoms with E-state index in [1.807, 2.05) is 12.1 Å². The molecule has 2 rings (SSSR count). The monoisotopic (exact) mass is 289 g/mol. The molecule has 0 aliphatic carbocycles. The maximum Gasteiger partial charge on any atom is 0.0700 e. The van der Waals surface area contributed by atoms with Gasteiger partial charge in [-0.3, -0.25) is 0 Å². The van der Waals surface area contributed by atoms with Crippen LogP contribution >= 0.6 is 23.2 Å². The SMILES string of the molecule is OCC(NCC1CCCO1)c1cccc(Cl)c1Cl. The lowest BCUT2D eigenvalue weighted by atomic mass is 10.1. The van der Waals surface area contributed by atoms with Crippen molar-refractivity contribution in [2.75, 3.05) is 19.8 Å². The normalized spacial score (nSPS) is 21.2. The van der Waals surface area contributed by atoms with Crippen LogP contribution in [0.4, 0.5) is 0 Å². The molecular weight excluding hydrogens is 273 g/mol. The first-order chi connectivity index (χ1) is 8.72. The second kappa shape index (κ2) is 6.73. The van der Waals surface area contributed by atoms with E-state index in [0.29, 0.717) is 16.6 Å². The van der Waals surface area contributed by atoms with Gasteiger partial charge in [0.1, 0.15) is 0 Å². The molecule has 1 aromatic rings. The Kier molecular flexibility index (Phi) is 5.27. The summed E-state index contributed by atoms with van der Waals surface area (Å²) < 4.78 is 5.53. The first kappa shape index (κ1) is 14.1. The number of rotatable bonds is 5. The van der Waals surface area contributed by atoms with Gasteiger partial charge in [0.2, 0.25) is 0 Å². The number of aliphatic hydroxyl groups excluding tert-OH is 1. The highest BCUT2D eigenvalue weighted by Crippen LogP contribution is 2.29. The van der Waals surface area contributed by atoms with Crippen LogP contribution in [-0.4, -0.2) is 31.0 Å². The van der Waals surface area contributed by atoms with Crippen LogP contribution in [0.3, 0.4) is 0 Å². The van der Waals surface area contributed by atoms with Gasteiger partial charge in [-0.15, -0.1) is 0 Å². The molecule has 0 saturated carbocycles. The molecule has 3 nitrogen and oxygen atoms in total. The van der Waals surface area contributed by atoms with E-state index in [4.69, 9.17) is 27.9 Å². The Hall–Kier alpha value is -0.320. The van der Waals surface area contributed by atoms with E-state index >= 15 is 0 Å². The molecule has 1 aromatic carbocycles. The van der Waals surface area contributed by atoms with E-state index in [9.17, 15) is 5.11 Å². The van der Waals surface area contributed by atoms with Crippen LogP contribution < -0.4 is 5.32 Å². The Morgan fingerprint density at radius 3 is 2.94 bits per heavy atom. The van der Waals surface area contributed by atoms with E-state index in [0.717, 1.165) is 25.0 Å². The molecule has 2 atom stereocenters. The third kappa shape index (κ3) is 3.37. The van der Waals surface area contributed by atoms with Crippen LogP contribution in [0, 0.1) is 0 Å². The zero-order valence-corrected chi connectivity index (χ0v) is 11.5. The molecule has 1 fully saturated rings. The minimum absolute atomic E-state index is 0.0210. The van der Waals surface area contributed by atoms with Gasteiger partial charge in [0.15, 0.2) is 0 Å². The number of hydrogen-bond donors (Lipinski definition) is 2. The molecule has 5 heteroatoms. The first-order valence-corrected chi connectivity index (χ1v) is 6.87. The summed E-state index contributed by atoms with van der Waals surface area (Å²) in [6.45, 7) is 1.52. The molecule has 0 spiro atoms. The summed E-state index contributed by atoms with van der Waals surface area (Å²) in [4.78, 5) is 0. The number of ether oxygens (including phenoxy) is 1. The maximum atomic E-state index is 9.46. The molecule has 2 N–H and O–H groups in total. The Labute approximate surface area is 117 Å². The quantitative estimate of drug-likeness (QED) is 0.876. The lowest BCUT2D eigenvalue weighted by Gasteiger charge is -2.20. The van der Waals surface area contributed by atoms with Crippen molar-refractivity contribution in [3.8, 4) is 0 Å². The van der Waals surface area contributed by atoms with Crippen LogP contribution in [0.1, 0.15) is 24.4 Å². The number of halogens is 2. The Morgan fingerprint density at radius 2 is 2.28 bits per heavy atom. The largest absolute Gasteiger partial charge is 0.394 e. The van der Waals surface area contributed by atoms with E-state index in [1.165, 1.54) is 0 Å². The molecule has 2 unspecified atom stereocenters. The smallest absolute Gasteiger partial charge is 0.0700 e. The van der Waals surface area contributed by atoms with Crippen LogP contribution in [0.2, 0.25) is 10.0 Å². The molecule has 1 heterocycles. The summed E-state index contributed by atoms with van der Waals surface area (Å²) in [6.07, 6.45) is 2.40.